The van der Waals surface area contributed by atoms with Crippen molar-refractivity contribution in [2.75, 3.05) is 0 Å². The van der Waals surface area contributed by atoms with Gasteiger partial charge in [0.05, 0.1) is 18.0 Å². The van der Waals surface area contributed by atoms with E-state index in [4.69, 9.17) is 23.2 Å². The summed E-state index contributed by atoms with van der Waals surface area (Å²) in [6, 6.07) is 9.63. The third-order valence-electron chi connectivity index (χ3n) is 5.48. The van der Waals surface area contributed by atoms with Crippen LogP contribution in [0.15, 0.2) is 48.1 Å². The van der Waals surface area contributed by atoms with Crippen molar-refractivity contribution in [3.05, 3.63) is 74.4 Å². The van der Waals surface area contributed by atoms with Crippen LogP contribution in [0.4, 0.5) is 0 Å². The molecule has 0 radical (unpaired) electrons. The van der Waals surface area contributed by atoms with Gasteiger partial charge in [-0.25, -0.2) is 4.98 Å². The van der Waals surface area contributed by atoms with Gasteiger partial charge in [0.2, 0.25) is 0 Å². The third kappa shape index (κ3) is 4.85. The number of hydrogen-bond donors (Lipinski definition) is 0. The number of rotatable bonds is 6. The van der Waals surface area contributed by atoms with Gasteiger partial charge in [-0.3, -0.25) is 4.79 Å². The SMILES string of the molecule is O=C(c1cccs1)N(Cc1nccn1Cc1ccc(Cl)cc1Cl)C1CCCCC1. The van der Waals surface area contributed by atoms with E-state index in [-0.39, 0.29) is 11.9 Å². The fourth-order valence-corrected chi connectivity index (χ4v) is 5.07. The van der Waals surface area contributed by atoms with Crippen molar-refractivity contribution in [2.24, 2.45) is 0 Å². The molecule has 1 aromatic carbocycles. The number of benzene rings is 1. The van der Waals surface area contributed by atoms with E-state index >= 15 is 0 Å². The van der Waals surface area contributed by atoms with E-state index in [1.54, 1.807) is 12.3 Å². The van der Waals surface area contributed by atoms with Crippen molar-refractivity contribution < 1.29 is 4.79 Å². The van der Waals surface area contributed by atoms with Crippen LogP contribution in [0.5, 0.6) is 0 Å². The van der Waals surface area contributed by atoms with Gasteiger partial charge in [0, 0.05) is 28.5 Å². The molecule has 0 unspecified atom stereocenters. The summed E-state index contributed by atoms with van der Waals surface area (Å²) in [5, 5.41) is 3.21. The molecule has 4 nitrogen and oxygen atoms in total. The second kappa shape index (κ2) is 9.33. The van der Waals surface area contributed by atoms with Gasteiger partial charge in [-0.05, 0) is 42.0 Å². The lowest BCUT2D eigenvalue weighted by molar-refractivity contribution is 0.0610. The lowest BCUT2D eigenvalue weighted by Crippen LogP contribution is -2.41. The first-order valence-corrected chi connectivity index (χ1v) is 11.5. The minimum Gasteiger partial charge on any atom is -0.329 e. The van der Waals surface area contributed by atoms with Crippen molar-refractivity contribution in [1.82, 2.24) is 14.5 Å². The average molecular weight is 448 g/mol. The molecule has 0 atom stereocenters. The van der Waals surface area contributed by atoms with E-state index in [0.29, 0.717) is 23.1 Å². The van der Waals surface area contributed by atoms with Gasteiger partial charge in [0.15, 0.2) is 0 Å². The molecular weight excluding hydrogens is 425 g/mol. The number of carbonyl (C=O) groups excluding carboxylic acids is 1. The molecule has 7 heteroatoms. The molecule has 4 rings (SSSR count). The quantitative estimate of drug-likeness (QED) is 0.446. The Kier molecular flexibility index (Phi) is 6.58. The van der Waals surface area contributed by atoms with Crippen LogP contribution in [0.25, 0.3) is 0 Å². The molecule has 0 aliphatic heterocycles. The number of thiophene rings is 1. The van der Waals surface area contributed by atoms with Crippen LogP contribution in [0, 0.1) is 0 Å². The summed E-state index contributed by atoms with van der Waals surface area (Å²) in [7, 11) is 0. The Morgan fingerprint density at radius 3 is 2.76 bits per heavy atom. The van der Waals surface area contributed by atoms with Crippen LogP contribution in [0.2, 0.25) is 10.0 Å². The molecule has 1 amide bonds. The standard InChI is InChI=1S/C22H23Cl2N3OS/c23-17-9-8-16(19(24)13-17)14-26-11-10-25-21(26)15-27(18-5-2-1-3-6-18)22(28)20-7-4-12-29-20/h4,7-13,18H,1-3,5-6,14-15H2. The minimum absolute atomic E-state index is 0.103. The van der Waals surface area contributed by atoms with Crippen LogP contribution < -0.4 is 0 Å². The molecule has 0 N–H and O–H groups in total. The molecule has 0 spiro atoms. The van der Waals surface area contributed by atoms with Crippen molar-refractivity contribution in [3.8, 4) is 0 Å². The Morgan fingerprint density at radius 1 is 1.21 bits per heavy atom. The van der Waals surface area contributed by atoms with Gasteiger partial charge in [0.1, 0.15) is 5.82 Å². The van der Waals surface area contributed by atoms with E-state index < -0.39 is 0 Å². The van der Waals surface area contributed by atoms with E-state index in [2.05, 4.69) is 9.55 Å². The zero-order chi connectivity index (χ0) is 20.2. The van der Waals surface area contributed by atoms with Gasteiger partial charge in [0.25, 0.3) is 5.91 Å². The van der Waals surface area contributed by atoms with Crippen LogP contribution in [0.3, 0.4) is 0 Å². The topological polar surface area (TPSA) is 38.1 Å². The molecule has 2 aromatic heterocycles. The van der Waals surface area contributed by atoms with Crippen LogP contribution in [0.1, 0.15) is 53.2 Å². The molecule has 1 aliphatic carbocycles. The molecule has 0 bridgehead atoms. The number of aromatic nitrogens is 2. The summed E-state index contributed by atoms with van der Waals surface area (Å²) in [4.78, 5) is 20.6. The number of halogens is 2. The lowest BCUT2D eigenvalue weighted by Gasteiger charge is -2.34. The maximum atomic E-state index is 13.3. The fraction of sp³-hybridized carbons (Fsp3) is 0.364. The Labute approximate surface area is 185 Å². The summed E-state index contributed by atoms with van der Waals surface area (Å²) >= 11 is 13.9. The Bertz CT molecular complexity index is 964. The lowest BCUT2D eigenvalue weighted by atomic mass is 9.94. The summed E-state index contributed by atoms with van der Waals surface area (Å²) in [6.45, 7) is 1.09. The zero-order valence-electron chi connectivity index (χ0n) is 16.1. The van der Waals surface area contributed by atoms with E-state index in [0.717, 1.165) is 29.1 Å². The first-order chi connectivity index (χ1) is 14.1. The second-order valence-electron chi connectivity index (χ2n) is 7.41. The highest BCUT2D eigenvalue weighted by molar-refractivity contribution is 7.12. The Morgan fingerprint density at radius 2 is 2.03 bits per heavy atom. The maximum absolute atomic E-state index is 13.3. The second-order valence-corrected chi connectivity index (χ2v) is 9.20. The van der Waals surface area contributed by atoms with Crippen molar-refractivity contribution >= 4 is 40.4 Å². The average Bonchev–Trinajstić information content (AvgIpc) is 3.41. The van der Waals surface area contributed by atoms with Gasteiger partial charge in [-0.2, -0.15) is 0 Å². The summed E-state index contributed by atoms with van der Waals surface area (Å²) < 4.78 is 2.06. The third-order valence-corrected chi connectivity index (χ3v) is 6.92. The number of carbonyl (C=O) groups is 1. The molecule has 1 saturated carbocycles. The van der Waals surface area contributed by atoms with Crippen LogP contribution in [-0.4, -0.2) is 26.4 Å². The molecule has 152 valence electrons. The number of imidazole rings is 1. The predicted octanol–water partition coefficient (Wildman–Crippen LogP) is 6.27. The summed E-state index contributed by atoms with van der Waals surface area (Å²) in [5.74, 6) is 0.970. The molecule has 1 fully saturated rings. The summed E-state index contributed by atoms with van der Waals surface area (Å²) in [5.41, 5.74) is 0.976. The van der Waals surface area contributed by atoms with Crippen molar-refractivity contribution in [1.29, 1.82) is 0 Å². The molecular formula is C22H23Cl2N3OS. The predicted molar refractivity (Wildman–Crippen MR) is 119 cm³/mol. The molecule has 3 aromatic rings. The van der Waals surface area contributed by atoms with Gasteiger partial charge in [-0.15, -0.1) is 11.3 Å². The maximum Gasteiger partial charge on any atom is 0.264 e. The molecule has 1 aliphatic rings. The van der Waals surface area contributed by atoms with Gasteiger partial charge in [-0.1, -0.05) is 54.6 Å². The van der Waals surface area contributed by atoms with Crippen molar-refractivity contribution in [2.45, 2.75) is 51.2 Å². The fourth-order valence-electron chi connectivity index (χ4n) is 3.92. The monoisotopic (exact) mass is 447 g/mol. The Balaban J connectivity index is 1.58. The highest BCUT2D eigenvalue weighted by Gasteiger charge is 2.28. The normalized spacial score (nSPS) is 14.8. The van der Waals surface area contributed by atoms with E-state index in [1.807, 2.05) is 40.7 Å². The first kappa shape index (κ1) is 20.5. The van der Waals surface area contributed by atoms with Crippen LogP contribution in [-0.2, 0) is 13.1 Å². The number of hydrogen-bond acceptors (Lipinski definition) is 3. The van der Waals surface area contributed by atoms with E-state index in [9.17, 15) is 4.79 Å². The molecule has 29 heavy (non-hydrogen) atoms. The number of amides is 1. The largest absolute Gasteiger partial charge is 0.329 e. The first-order valence-electron chi connectivity index (χ1n) is 9.90. The smallest absolute Gasteiger partial charge is 0.264 e. The molecule has 2 heterocycles. The van der Waals surface area contributed by atoms with Crippen LogP contribution >= 0.6 is 34.5 Å². The molecule has 0 saturated heterocycles. The zero-order valence-corrected chi connectivity index (χ0v) is 18.4. The minimum atomic E-state index is 0.103. The van der Waals surface area contributed by atoms with Crippen molar-refractivity contribution in [3.63, 3.8) is 0 Å². The highest BCUT2D eigenvalue weighted by atomic mass is 35.5. The van der Waals surface area contributed by atoms with Gasteiger partial charge < -0.3 is 9.47 Å². The number of nitrogens with zero attached hydrogens (tertiary/aromatic N) is 3. The van der Waals surface area contributed by atoms with E-state index in [1.165, 1.54) is 30.6 Å². The summed E-state index contributed by atoms with van der Waals surface area (Å²) in [6.07, 6.45) is 9.44. The highest BCUT2D eigenvalue weighted by Crippen LogP contribution is 2.27. The van der Waals surface area contributed by atoms with Gasteiger partial charge >= 0.3 is 0 Å². The Hall–Kier alpha value is -1.82.